The average molecular weight is 297 g/mol. The highest BCUT2D eigenvalue weighted by Gasteiger charge is 2.02. The summed E-state index contributed by atoms with van der Waals surface area (Å²) in [5, 5.41) is 1.23. The van der Waals surface area contributed by atoms with Gasteiger partial charge in [-0.25, -0.2) is 0 Å². The molecule has 0 saturated heterocycles. The van der Waals surface area contributed by atoms with Crippen LogP contribution in [0.4, 0.5) is 0 Å². The summed E-state index contributed by atoms with van der Waals surface area (Å²) in [6, 6.07) is 13.2. The third kappa shape index (κ3) is 3.52. The van der Waals surface area contributed by atoms with Crippen molar-refractivity contribution in [2.75, 3.05) is 0 Å². The van der Waals surface area contributed by atoms with Crippen molar-refractivity contribution >= 4 is 41.2 Å². The quantitative estimate of drug-likeness (QED) is 0.577. The van der Waals surface area contributed by atoms with Crippen molar-refractivity contribution < 1.29 is 4.79 Å². The molecular formula is C14H10Cl2OS. The van der Waals surface area contributed by atoms with Crippen LogP contribution in [0.25, 0.3) is 0 Å². The van der Waals surface area contributed by atoms with E-state index in [1.807, 2.05) is 36.4 Å². The Morgan fingerprint density at radius 3 is 2.39 bits per heavy atom. The lowest BCUT2D eigenvalue weighted by Gasteiger charge is -2.04. The predicted octanol–water partition coefficient (Wildman–Crippen LogP) is 5.10. The van der Waals surface area contributed by atoms with Crippen molar-refractivity contribution in [3.05, 3.63) is 63.6 Å². The monoisotopic (exact) mass is 296 g/mol. The lowest BCUT2D eigenvalue weighted by molar-refractivity contribution is 0.112. The van der Waals surface area contributed by atoms with Crippen LogP contribution in [-0.4, -0.2) is 6.29 Å². The smallest absolute Gasteiger partial charge is 0.151 e. The van der Waals surface area contributed by atoms with Crippen LogP contribution in [0.1, 0.15) is 15.9 Å². The van der Waals surface area contributed by atoms with Gasteiger partial charge in [0, 0.05) is 21.2 Å². The highest BCUT2D eigenvalue weighted by atomic mass is 35.5. The van der Waals surface area contributed by atoms with E-state index in [4.69, 9.17) is 23.2 Å². The Kier molecular flexibility index (Phi) is 4.70. The zero-order valence-corrected chi connectivity index (χ0v) is 11.7. The molecule has 18 heavy (non-hydrogen) atoms. The molecule has 0 radical (unpaired) electrons. The molecule has 0 atom stereocenters. The van der Waals surface area contributed by atoms with Gasteiger partial charge in [-0.15, -0.1) is 11.8 Å². The van der Waals surface area contributed by atoms with Crippen LogP contribution in [0.15, 0.2) is 47.4 Å². The molecule has 0 amide bonds. The number of hydrogen-bond donors (Lipinski definition) is 0. The van der Waals surface area contributed by atoms with Gasteiger partial charge in [0.1, 0.15) is 0 Å². The van der Waals surface area contributed by atoms with Crippen molar-refractivity contribution in [2.45, 2.75) is 10.6 Å². The molecule has 0 spiro atoms. The number of thioether (sulfide) groups is 1. The first-order valence-corrected chi connectivity index (χ1v) is 7.05. The summed E-state index contributed by atoms with van der Waals surface area (Å²) >= 11 is 13.5. The Bertz CT molecular complexity index is 552. The first kappa shape index (κ1) is 13.5. The first-order valence-electron chi connectivity index (χ1n) is 5.31. The fraction of sp³-hybridized carbons (Fsp3) is 0.0714. The van der Waals surface area contributed by atoms with E-state index < -0.39 is 0 Å². The number of halogens is 2. The topological polar surface area (TPSA) is 17.1 Å². The van der Waals surface area contributed by atoms with Crippen molar-refractivity contribution in [1.29, 1.82) is 0 Å². The largest absolute Gasteiger partial charge is 0.298 e. The molecule has 1 nitrogen and oxygen atoms in total. The molecule has 0 N–H and O–H groups in total. The van der Waals surface area contributed by atoms with Gasteiger partial charge in [-0.2, -0.15) is 0 Å². The van der Waals surface area contributed by atoms with Gasteiger partial charge in [0.05, 0.1) is 5.02 Å². The predicted molar refractivity (Wildman–Crippen MR) is 77.9 cm³/mol. The highest BCUT2D eigenvalue weighted by Crippen LogP contribution is 2.27. The summed E-state index contributed by atoms with van der Waals surface area (Å²) < 4.78 is 0. The van der Waals surface area contributed by atoms with Gasteiger partial charge in [0.2, 0.25) is 0 Å². The Hall–Kier alpha value is -0.960. The SMILES string of the molecule is O=Cc1ccc(SCc2ccc(Cl)cc2)cc1Cl. The summed E-state index contributed by atoms with van der Waals surface area (Å²) in [6.45, 7) is 0. The van der Waals surface area contributed by atoms with Gasteiger partial charge in [0.15, 0.2) is 6.29 Å². The zero-order chi connectivity index (χ0) is 13.0. The third-order valence-electron chi connectivity index (χ3n) is 2.42. The van der Waals surface area contributed by atoms with Gasteiger partial charge in [-0.1, -0.05) is 35.3 Å². The van der Waals surface area contributed by atoms with Crippen molar-refractivity contribution in [3.63, 3.8) is 0 Å². The molecule has 2 rings (SSSR count). The molecule has 0 saturated carbocycles. The normalized spacial score (nSPS) is 10.3. The second-order valence-electron chi connectivity index (χ2n) is 3.72. The van der Waals surface area contributed by atoms with Crippen molar-refractivity contribution in [1.82, 2.24) is 0 Å². The Labute approximate surface area is 120 Å². The fourth-order valence-electron chi connectivity index (χ4n) is 1.44. The minimum atomic E-state index is 0.492. The van der Waals surface area contributed by atoms with Crippen LogP contribution in [0, 0.1) is 0 Å². The Morgan fingerprint density at radius 2 is 1.78 bits per heavy atom. The number of aldehydes is 1. The molecule has 2 aromatic carbocycles. The molecular weight excluding hydrogens is 287 g/mol. The van der Waals surface area contributed by atoms with Crippen molar-refractivity contribution in [2.24, 2.45) is 0 Å². The van der Waals surface area contributed by atoms with Gasteiger partial charge in [0.25, 0.3) is 0 Å². The molecule has 0 aliphatic rings. The van der Waals surface area contributed by atoms with E-state index in [1.54, 1.807) is 17.8 Å². The van der Waals surface area contributed by atoms with E-state index in [2.05, 4.69) is 0 Å². The standard InChI is InChI=1S/C14H10Cl2OS/c15-12-4-1-10(2-5-12)9-18-13-6-3-11(8-17)14(16)7-13/h1-8H,9H2. The maximum atomic E-state index is 10.6. The second-order valence-corrected chi connectivity index (χ2v) is 5.61. The maximum absolute atomic E-state index is 10.6. The summed E-state index contributed by atoms with van der Waals surface area (Å²) in [5.74, 6) is 0.841. The summed E-state index contributed by atoms with van der Waals surface area (Å²) in [4.78, 5) is 11.7. The number of rotatable bonds is 4. The molecule has 0 aromatic heterocycles. The summed E-state index contributed by atoms with van der Waals surface area (Å²) in [5.41, 5.74) is 1.72. The maximum Gasteiger partial charge on any atom is 0.151 e. The van der Waals surface area contributed by atoms with E-state index in [0.717, 1.165) is 22.0 Å². The second kappa shape index (κ2) is 6.28. The molecule has 2 aromatic rings. The minimum absolute atomic E-state index is 0.492. The highest BCUT2D eigenvalue weighted by molar-refractivity contribution is 7.98. The van der Waals surface area contributed by atoms with Crippen LogP contribution in [0.2, 0.25) is 10.0 Å². The van der Waals surface area contributed by atoms with Crippen LogP contribution in [-0.2, 0) is 5.75 Å². The zero-order valence-electron chi connectivity index (χ0n) is 9.40. The van der Waals surface area contributed by atoms with Gasteiger partial charge in [-0.3, -0.25) is 4.79 Å². The lowest BCUT2D eigenvalue weighted by atomic mass is 10.2. The van der Waals surface area contributed by atoms with E-state index >= 15 is 0 Å². The molecule has 0 aliphatic carbocycles. The lowest BCUT2D eigenvalue weighted by Crippen LogP contribution is -1.84. The number of hydrogen-bond acceptors (Lipinski definition) is 2. The molecule has 0 bridgehead atoms. The summed E-state index contributed by atoms with van der Waals surface area (Å²) in [7, 11) is 0. The van der Waals surface area contributed by atoms with Crippen LogP contribution in [0.3, 0.4) is 0 Å². The third-order valence-corrected chi connectivity index (χ3v) is 4.06. The number of carbonyl (C=O) groups is 1. The summed E-state index contributed by atoms with van der Waals surface area (Å²) in [6.07, 6.45) is 0.760. The molecule has 0 aliphatic heterocycles. The van der Waals surface area contributed by atoms with Crippen LogP contribution < -0.4 is 0 Å². The molecule has 0 unspecified atom stereocenters. The molecule has 0 heterocycles. The van der Waals surface area contributed by atoms with Gasteiger partial charge < -0.3 is 0 Å². The van der Waals surface area contributed by atoms with E-state index in [0.29, 0.717) is 10.6 Å². The first-order chi connectivity index (χ1) is 8.69. The van der Waals surface area contributed by atoms with E-state index in [9.17, 15) is 4.79 Å². The van der Waals surface area contributed by atoms with Gasteiger partial charge in [-0.05, 0) is 35.9 Å². The van der Waals surface area contributed by atoms with E-state index in [-0.39, 0.29) is 0 Å². The van der Waals surface area contributed by atoms with E-state index in [1.165, 1.54) is 5.56 Å². The van der Waals surface area contributed by atoms with Crippen LogP contribution >= 0.6 is 35.0 Å². The minimum Gasteiger partial charge on any atom is -0.298 e. The molecule has 4 heteroatoms. The average Bonchev–Trinajstić information content (AvgIpc) is 2.38. The van der Waals surface area contributed by atoms with Crippen LogP contribution in [0.5, 0.6) is 0 Å². The fourth-order valence-corrected chi connectivity index (χ4v) is 2.75. The van der Waals surface area contributed by atoms with Gasteiger partial charge >= 0.3 is 0 Å². The van der Waals surface area contributed by atoms with Crippen molar-refractivity contribution in [3.8, 4) is 0 Å². The Balaban J connectivity index is 2.04. The number of carbonyl (C=O) groups excluding carboxylic acids is 1. The number of benzene rings is 2. The Morgan fingerprint density at radius 1 is 1.06 bits per heavy atom. The molecule has 92 valence electrons. The molecule has 0 fully saturated rings.